The SMILES string of the molecule is c1ccc(-c2cc(-c3ccc(-c4ccc5c(c4)-c4cc(-c6ccncc6)ccc4C5(c4ccccc4)c4ccccc4)cc3)nc(-c3ccccc3)n2)cc1. The summed E-state index contributed by atoms with van der Waals surface area (Å²) in [7, 11) is 0. The first-order valence-electron chi connectivity index (χ1n) is 18.7. The van der Waals surface area contributed by atoms with Crippen LogP contribution < -0.4 is 0 Å². The summed E-state index contributed by atoms with van der Waals surface area (Å²) in [6.45, 7) is 0. The molecule has 1 aliphatic carbocycles. The van der Waals surface area contributed by atoms with Crippen molar-refractivity contribution >= 4 is 0 Å². The topological polar surface area (TPSA) is 38.7 Å². The minimum atomic E-state index is -0.466. The van der Waals surface area contributed by atoms with Gasteiger partial charge in [0.05, 0.1) is 16.8 Å². The van der Waals surface area contributed by atoms with Gasteiger partial charge < -0.3 is 0 Å². The van der Waals surface area contributed by atoms with Gasteiger partial charge in [-0.15, -0.1) is 0 Å². The van der Waals surface area contributed by atoms with Crippen LogP contribution in [0.2, 0.25) is 0 Å². The Kier molecular flexibility index (Phi) is 8.04. The molecule has 0 aliphatic heterocycles. The minimum absolute atomic E-state index is 0.466. The normalized spacial score (nSPS) is 12.5. The van der Waals surface area contributed by atoms with Crippen molar-refractivity contribution in [2.75, 3.05) is 0 Å². The molecule has 1 aliphatic rings. The summed E-state index contributed by atoms with van der Waals surface area (Å²) >= 11 is 0. The zero-order chi connectivity index (χ0) is 36.6. The molecule has 0 amide bonds. The molecule has 55 heavy (non-hydrogen) atoms. The number of fused-ring (bicyclic) bond motifs is 3. The molecule has 9 aromatic rings. The van der Waals surface area contributed by atoms with E-state index in [4.69, 9.17) is 9.97 Å². The van der Waals surface area contributed by atoms with Gasteiger partial charge in [0.25, 0.3) is 0 Å². The van der Waals surface area contributed by atoms with Crippen molar-refractivity contribution < 1.29 is 0 Å². The van der Waals surface area contributed by atoms with E-state index in [1.54, 1.807) is 0 Å². The third-order valence-electron chi connectivity index (χ3n) is 10.9. The number of benzene rings is 7. The molecule has 3 nitrogen and oxygen atoms in total. The first-order valence-corrected chi connectivity index (χ1v) is 18.7. The highest BCUT2D eigenvalue weighted by Gasteiger charge is 2.46. The number of aromatic nitrogens is 3. The second-order valence-corrected chi connectivity index (χ2v) is 14.0. The van der Waals surface area contributed by atoms with Crippen LogP contribution >= 0.6 is 0 Å². The quantitative estimate of drug-likeness (QED) is 0.166. The van der Waals surface area contributed by atoms with Gasteiger partial charge in [-0.25, -0.2) is 9.97 Å². The van der Waals surface area contributed by atoms with Crippen molar-refractivity contribution in [2.24, 2.45) is 0 Å². The average Bonchev–Trinajstić information content (AvgIpc) is 3.57. The summed E-state index contributed by atoms with van der Waals surface area (Å²) in [4.78, 5) is 14.3. The van der Waals surface area contributed by atoms with E-state index in [1.165, 1.54) is 44.5 Å². The number of nitrogens with zero attached hydrogens (tertiary/aromatic N) is 3. The van der Waals surface area contributed by atoms with Crippen LogP contribution in [0.4, 0.5) is 0 Å². The Morgan fingerprint density at radius 1 is 0.309 bits per heavy atom. The summed E-state index contributed by atoms with van der Waals surface area (Å²) < 4.78 is 0. The monoisotopic (exact) mass is 701 g/mol. The molecule has 2 aromatic heterocycles. The lowest BCUT2D eigenvalue weighted by Gasteiger charge is -2.34. The lowest BCUT2D eigenvalue weighted by Crippen LogP contribution is -2.28. The second-order valence-electron chi connectivity index (χ2n) is 14.0. The van der Waals surface area contributed by atoms with Gasteiger partial charge in [-0.05, 0) is 86.0 Å². The third kappa shape index (κ3) is 5.65. The Hall–Kier alpha value is -7.23. The van der Waals surface area contributed by atoms with Gasteiger partial charge in [0.2, 0.25) is 0 Å². The van der Waals surface area contributed by atoms with Crippen LogP contribution in [0.5, 0.6) is 0 Å². The van der Waals surface area contributed by atoms with Gasteiger partial charge in [-0.3, -0.25) is 4.98 Å². The van der Waals surface area contributed by atoms with Gasteiger partial charge in [0.15, 0.2) is 5.82 Å². The van der Waals surface area contributed by atoms with Crippen LogP contribution in [0.25, 0.3) is 67.3 Å². The summed E-state index contributed by atoms with van der Waals surface area (Å²) in [5, 5.41) is 0. The van der Waals surface area contributed by atoms with Gasteiger partial charge in [-0.1, -0.05) is 170 Å². The third-order valence-corrected chi connectivity index (χ3v) is 10.9. The summed E-state index contributed by atoms with van der Waals surface area (Å²) in [6.07, 6.45) is 3.73. The zero-order valence-electron chi connectivity index (χ0n) is 30.0. The molecule has 0 unspecified atom stereocenters. The van der Waals surface area contributed by atoms with Crippen molar-refractivity contribution in [3.8, 4) is 67.3 Å². The van der Waals surface area contributed by atoms with Gasteiger partial charge in [0, 0.05) is 29.1 Å². The van der Waals surface area contributed by atoms with Crippen LogP contribution in [0, 0.1) is 0 Å². The first kappa shape index (κ1) is 32.4. The fourth-order valence-corrected chi connectivity index (χ4v) is 8.30. The largest absolute Gasteiger partial charge is 0.265 e. The fourth-order valence-electron chi connectivity index (χ4n) is 8.30. The van der Waals surface area contributed by atoms with Crippen LogP contribution in [-0.2, 0) is 5.41 Å². The van der Waals surface area contributed by atoms with Crippen molar-refractivity contribution in [3.05, 3.63) is 235 Å². The summed E-state index contributed by atoms with van der Waals surface area (Å²) in [5.41, 5.74) is 16.6. The lowest BCUT2D eigenvalue weighted by molar-refractivity contribution is 0.768. The Labute approximate surface area is 321 Å². The molecule has 2 heterocycles. The number of hydrogen-bond donors (Lipinski definition) is 0. The van der Waals surface area contributed by atoms with Crippen molar-refractivity contribution in [1.82, 2.24) is 15.0 Å². The van der Waals surface area contributed by atoms with E-state index in [-0.39, 0.29) is 0 Å². The number of hydrogen-bond acceptors (Lipinski definition) is 3. The van der Waals surface area contributed by atoms with E-state index in [1.807, 2.05) is 48.8 Å². The molecular weight excluding hydrogens is 667 g/mol. The minimum Gasteiger partial charge on any atom is -0.265 e. The maximum Gasteiger partial charge on any atom is 0.160 e. The molecular formula is C52H35N3. The van der Waals surface area contributed by atoms with E-state index in [9.17, 15) is 0 Å². The van der Waals surface area contributed by atoms with E-state index in [2.05, 4.69) is 169 Å². The molecule has 0 fully saturated rings. The molecule has 0 spiro atoms. The van der Waals surface area contributed by atoms with Gasteiger partial charge in [0.1, 0.15) is 0 Å². The zero-order valence-corrected chi connectivity index (χ0v) is 30.0. The molecule has 258 valence electrons. The van der Waals surface area contributed by atoms with Crippen LogP contribution in [0.3, 0.4) is 0 Å². The van der Waals surface area contributed by atoms with Crippen LogP contribution in [0.1, 0.15) is 22.3 Å². The molecule has 0 atom stereocenters. The van der Waals surface area contributed by atoms with Crippen molar-refractivity contribution in [1.29, 1.82) is 0 Å². The van der Waals surface area contributed by atoms with Crippen LogP contribution in [0.15, 0.2) is 213 Å². The highest BCUT2D eigenvalue weighted by Crippen LogP contribution is 2.57. The Balaban J connectivity index is 1.11. The molecule has 10 rings (SSSR count). The standard InChI is InChI=1S/C52H35N3/c1-5-13-38(14-6-1)49-35-50(55-51(54-49)40-15-7-2-8-16-40)39-23-21-36(22-24-39)41-25-27-47-45(33-41)46-34-42(37-29-31-53-32-30-37)26-28-48(46)52(47,43-17-9-3-10-18-43)44-19-11-4-12-20-44/h1-35H. The Bertz CT molecular complexity index is 2670. The maximum atomic E-state index is 5.07. The number of pyridine rings is 1. The fraction of sp³-hybridized carbons (Fsp3) is 0.0192. The second kappa shape index (κ2) is 13.6. The van der Waals surface area contributed by atoms with E-state index >= 15 is 0 Å². The smallest absolute Gasteiger partial charge is 0.160 e. The lowest BCUT2D eigenvalue weighted by atomic mass is 9.67. The molecule has 0 N–H and O–H groups in total. The van der Waals surface area contributed by atoms with Crippen LogP contribution in [-0.4, -0.2) is 15.0 Å². The highest BCUT2D eigenvalue weighted by atomic mass is 14.9. The summed E-state index contributed by atoms with van der Waals surface area (Å²) in [6, 6.07) is 71.5. The molecule has 0 radical (unpaired) electrons. The first-order chi connectivity index (χ1) is 27.3. The van der Waals surface area contributed by atoms with Crippen molar-refractivity contribution in [3.63, 3.8) is 0 Å². The molecule has 7 aromatic carbocycles. The van der Waals surface area contributed by atoms with E-state index in [0.717, 1.165) is 39.2 Å². The van der Waals surface area contributed by atoms with Gasteiger partial charge >= 0.3 is 0 Å². The molecule has 0 saturated carbocycles. The maximum absolute atomic E-state index is 5.07. The van der Waals surface area contributed by atoms with E-state index in [0.29, 0.717) is 5.82 Å². The predicted molar refractivity (Wildman–Crippen MR) is 224 cm³/mol. The Morgan fingerprint density at radius 3 is 1.22 bits per heavy atom. The summed E-state index contributed by atoms with van der Waals surface area (Å²) in [5.74, 6) is 0.713. The Morgan fingerprint density at radius 2 is 0.709 bits per heavy atom. The molecule has 0 saturated heterocycles. The van der Waals surface area contributed by atoms with Crippen molar-refractivity contribution in [2.45, 2.75) is 5.41 Å². The van der Waals surface area contributed by atoms with Gasteiger partial charge in [-0.2, -0.15) is 0 Å². The molecule has 0 bridgehead atoms. The number of rotatable bonds is 7. The molecule has 3 heteroatoms. The predicted octanol–water partition coefficient (Wildman–Crippen LogP) is 12.6. The average molecular weight is 702 g/mol. The van der Waals surface area contributed by atoms with E-state index < -0.39 is 5.41 Å². The highest BCUT2D eigenvalue weighted by molar-refractivity contribution is 5.91.